The second kappa shape index (κ2) is 9.97. The van der Waals surface area contributed by atoms with E-state index in [0.717, 1.165) is 11.1 Å². The summed E-state index contributed by atoms with van der Waals surface area (Å²) in [6.07, 6.45) is 3.48. The number of rotatable bonds is 6. The largest absolute Gasteiger partial charge is 0.461 e. The monoisotopic (exact) mass is 514 g/mol. The highest BCUT2D eigenvalue weighted by Crippen LogP contribution is 2.35. The van der Waals surface area contributed by atoms with Gasteiger partial charge in [-0.25, -0.2) is 4.79 Å². The Labute approximate surface area is 217 Å². The molecular formula is C29H20Cl2N2O3. The molecule has 0 saturated carbocycles. The number of halogens is 2. The number of carbonyl (C=O) groups excluding carboxylic acids is 2. The van der Waals surface area contributed by atoms with Crippen LogP contribution in [0.25, 0.3) is 27.7 Å². The number of esters is 1. The van der Waals surface area contributed by atoms with Crippen molar-refractivity contribution in [1.29, 1.82) is 0 Å². The molecule has 2 aromatic heterocycles. The summed E-state index contributed by atoms with van der Waals surface area (Å²) in [6.45, 7) is 1.89. The molecule has 5 rings (SSSR count). The number of pyridine rings is 1. The standard InChI is InChI=1S/C29H20Cl2N2O3/c1-2-36-29(35)27-26(28(34)18-5-8-21(30)9-6-18)24-14-7-19(20-4-3-15-32-17-20)16-25(24)33(27)23-12-10-22(31)11-13-23/h3-17H,2H2,1H3. The van der Waals surface area contributed by atoms with E-state index in [-0.39, 0.29) is 23.6 Å². The van der Waals surface area contributed by atoms with Gasteiger partial charge in [0.1, 0.15) is 5.69 Å². The van der Waals surface area contributed by atoms with Crippen LogP contribution in [0.5, 0.6) is 0 Å². The van der Waals surface area contributed by atoms with Gasteiger partial charge in [-0.2, -0.15) is 0 Å². The number of aromatic nitrogens is 2. The van der Waals surface area contributed by atoms with Gasteiger partial charge in [-0.1, -0.05) is 41.4 Å². The molecule has 0 saturated heterocycles. The number of hydrogen-bond donors (Lipinski definition) is 0. The SMILES string of the molecule is CCOC(=O)c1c(C(=O)c2ccc(Cl)cc2)c2ccc(-c3cccnc3)cc2n1-c1ccc(Cl)cc1. The fourth-order valence-electron chi connectivity index (χ4n) is 4.23. The zero-order chi connectivity index (χ0) is 25.2. The summed E-state index contributed by atoms with van der Waals surface area (Å²) in [5.74, 6) is -0.898. The summed E-state index contributed by atoms with van der Waals surface area (Å²) < 4.78 is 7.19. The van der Waals surface area contributed by atoms with Crippen molar-refractivity contribution in [2.45, 2.75) is 6.92 Å². The Bertz CT molecular complexity index is 1580. The topological polar surface area (TPSA) is 61.2 Å². The van der Waals surface area contributed by atoms with Crippen molar-refractivity contribution in [3.63, 3.8) is 0 Å². The smallest absolute Gasteiger partial charge is 0.356 e. The predicted octanol–water partition coefficient (Wildman–Crippen LogP) is 7.41. The van der Waals surface area contributed by atoms with E-state index < -0.39 is 5.97 Å². The third-order valence-electron chi connectivity index (χ3n) is 5.85. The van der Waals surface area contributed by atoms with Crippen LogP contribution in [0.3, 0.4) is 0 Å². The third-order valence-corrected chi connectivity index (χ3v) is 6.35. The lowest BCUT2D eigenvalue weighted by molar-refractivity contribution is 0.0514. The summed E-state index contributed by atoms with van der Waals surface area (Å²) in [4.78, 5) is 31.5. The summed E-state index contributed by atoms with van der Waals surface area (Å²) >= 11 is 12.2. The molecule has 0 aliphatic carbocycles. The van der Waals surface area contributed by atoms with E-state index in [4.69, 9.17) is 27.9 Å². The molecule has 0 bridgehead atoms. The van der Waals surface area contributed by atoms with Crippen LogP contribution in [0.4, 0.5) is 0 Å². The van der Waals surface area contributed by atoms with E-state index in [1.807, 2.05) is 30.3 Å². The third kappa shape index (κ3) is 4.39. The van der Waals surface area contributed by atoms with E-state index in [2.05, 4.69) is 4.98 Å². The zero-order valence-corrected chi connectivity index (χ0v) is 20.8. The number of benzene rings is 3. The van der Waals surface area contributed by atoms with E-state index in [1.54, 1.807) is 72.4 Å². The minimum absolute atomic E-state index is 0.150. The van der Waals surface area contributed by atoms with Crippen molar-refractivity contribution in [1.82, 2.24) is 9.55 Å². The first kappa shape index (κ1) is 23.8. The van der Waals surface area contributed by atoms with Crippen molar-refractivity contribution in [3.8, 4) is 16.8 Å². The second-order valence-electron chi connectivity index (χ2n) is 8.07. The van der Waals surface area contributed by atoms with Gasteiger partial charge in [0.05, 0.1) is 17.7 Å². The molecule has 5 nitrogen and oxygen atoms in total. The molecule has 0 amide bonds. The number of hydrogen-bond acceptors (Lipinski definition) is 4. The minimum atomic E-state index is -0.594. The van der Waals surface area contributed by atoms with Crippen LogP contribution in [0.1, 0.15) is 33.3 Å². The summed E-state index contributed by atoms with van der Waals surface area (Å²) in [7, 11) is 0. The van der Waals surface area contributed by atoms with Gasteiger partial charge in [-0.05, 0) is 73.2 Å². The lowest BCUT2D eigenvalue weighted by atomic mass is 9.98. The molecule has 5 aromatic rings. The Balaban J connectivity index is 1.85. The van der Waals surface area contributed by atoms with Crippen LogP contribution in [-0.2, 0) is 4.74 Å². The van der Waals surface area contributed by atoms with Crippen LogP contribution in [0.2, 0.25) is 10.0 Å². The van der Waals surface area contributed by atoms with E-state index in [0.29, 0.717) is 32.2 Å². The number of ether oxygens (including phenoxy) is 1. The summed E-state index contributed by atoms with van der Waals surface area (Å²) in [5.41, 5.74) is 3.98. The summed E-state index contributed by atoms with van der Waals surface area (Å²) in [5, 5.41) is 1.70. The van der Waals surface area contributed by atoms with Crippen LogP contribution in [0.15, 0.2) is 91.3 Å². The summed E-state index contributed by atoms with van der Waals surface area (Å²) in [6, 6.07) is 23.2. The van der Waals surface area contributed by atoms with E-state index in [9.17, 15) is 9.59 Å². The average Bonchev–Trinajstić information content (AvgIpc) is 3.24. The number of carbonyl (C=O) groups is 2. The maximum absolute atomic E-state index is 13.9. The molecule has 2 heterocycles. The second-order valence-corrected chi connectivity index (χ2v) is 8.94. The number of fused-ring (bicyclic) bond motifs is 1. The maximum Gasteiger partial charge on any atom is 0.356 e. The van der Waals surface area contributed by atoms with Gasteiger partial charge in [0, 0.05) is 44.6 Å². The number of nitrogens with zero attached hydrogens (tertiary/aromatic N) is 2. The molecule has 178 valence electrons. The van der Waals surface area contributed by atoms with Crippen molar-refractivity contribution in [2.75, 3.05) is 6.61 Å². The van der Waals surface area contributed by atoms with Crippen LogP contribution in [-0.4, -0.2) is 27.9 Å². The molecule has 36 heavy (non-hydrogen) atoms. The van der Waals surface area contributed by atoms with Gasteiger partial charge in [-0.3, -0.25) is 9.78 Å². The van der Waals surface area contributed by atoms with Crippen molar-refractivity contribution in [3.05, 3.63) is 118 Å². The highest BCUT2D eigenvalue weighted by Gasteiger charge is 2.30. The lowest BCUT2D eigenvalue weighted by Crippen LogP contribution is -2.16. The normalized spacial score (nSPS) is 11.0. The Morgan fingerprint density at radius 3 is 2.22 bits per heavy atom. The van der Waals surface area contributed by atoms with Gasteiger partial charge in [0.2, 0.25) is 0 Å². The van der Waals surface area contributed by atoms with E-state index in [1.165, 1.54) is 0 Å². The Kier molecular flexibility index (Phi) is 6.59. The zero-order valence-electron chi connectivity index (χ0n) is 19.2. The predicted molar refractivity (Wildman–Crippen MR) is 142 cm³/mol. The molecule has 7 heteroatoms. The molecule has 0 unspecified atom stereocenters. The van der Waals surface area contributed by atoms with Gasteiger partial charge >= 0.3 is 5.97 Å². The maximum atomic E-state index is 13.9. The molecule has 0 aliphatic heterocycles. The molecule has 0 N–H and O–H groups in total. The quantitative estimate of drug-likeness (QED) is 0.175. The van der Waals surface area contributed by atoms with Crippen LogP contribution >= 0.6 is 23.2 Å². The number of ketones is 1. The first-order chi connectivity index (χ1) is 17.5. The van der Waals surface area contributed by atoms with Gasteiger partial charge in [0.15, 0.2) is 5.78 Å². The fourth-order valence-corrected chi connectivity index (χ4v) is 4.48. The first-order valence-corrected chi connectivity index (χ1v) is 12.1. The average molecular weight is 515 g/mol. The first-order valence-electron chi connectivity index (χ1n) is 11.3. The Morgan fingerprint density at radius 1 is 0.889 bits per heavy atom. The van der Waals surface area contributed by atoms with Crippen LogP contribution in [0, 0.1) is 0 Å². The molecule has 0 radical (unpaired) electrons. The van der Waals surface area contributed by atoms with Crippen molar-refractivity contribution in [2.24, 2.45) is 0 Å². The molecular weight excluding hydrogens is 495 g/mol. The van der Waals surface area contributed by atoms with Crippen molar-refractivity contribution >= 4 is 45.9 Å². The van der Waals surface area contributed by atoms with Crippen molar-refractivity contribution < 1.29 is 14.3 Å². The van der Waals surface area contributed by atoms with Gasteiger partial charge in [0.25, 0.3) is 0 Å². The molecule has 0 aliphatic rings. The molecule has 0 spiro atoms. The fraction of sp³-hybridized carbons (Fsp3) is 0.0690. The molecule has 3 aromatic carbocycles. The lowest BCUT2D eigenvalue weighted by Gasteiger charge is -2.12. The highest BCUT2D eigenvalue weighted by atomic mass is 35.5. The molecule has 0 atom stereocenters. The van der Waals surface area contributed by atoms with E-state index >= 15 is 0 Å². The molecule has 0 fully saturated rings. The van der Waals surface area contributed by atoms with Gasteiger partial charge in [-0.15, -0.1) is 0 Å². The van der Waals surface area contributed by atoms with Gasteiger partial charge < -0.3 is 9.30 Å². The highest BCUT2D eigenvalue weighted by molar-refractivity contribution is 6.31. The minimum Gasteiger partial charge on any atom is -0.461 e. The van der Waals surface area contributed by atoms with Crippen LogP contribution < -0.4 is 0 Å². The Morgan fingerprint density at radius 2 is 1.58 bits per heavy atom. The Hall–Kier alpha value is -3.93.